The number of hydrogen-bond acceptors (Lipinski definition) is 3. The number of rotatable bonds is 12. The van der Waals surface area contributed by atoms with Gasteiger partial charge in [0.05, 0.1) is 0 Å². The molecule has 0 amide bonds. The molecular formula is C42H36N2O. The van der Waals surface area contributed by atoms with Gasteiger partial charge in [-0.3, -0.25) is 0 Å². The summed E-state index contributed by atoms with van der Waals surface area (Å²) in [6, 6.07) is 54.2. The van der Waals surface area contributed by atoms with Crippen molar-refractivity contribution in [2.75, 3.05) is 10.6 Å². The SMILES string of the molecule is C=Cc1ccc(C(OC(c2ccc(C=C)cc2)c2ccc(Nc3ccccc3)cc2)c2ccc(Nc3ccccc3)cc2)cc1. The zero-order valence-corrected chi connectivity index (χ0v) is 25.1. The van der Waals surface area contributed by atoms with Crippen molar-refractivity contribution in [3.63, 3.8) is 0 Å². The molecule has 0 aliphatic rings. The Morgan fingerprint density at radius 2 is 0.667 bits per heavy atom. The fourth-order valence-electron chi connectivity index (χ4n) is 5.31. The van der Waals surface area contributed by atoms with E-state index in [4.69, 9.17) is 4.74 Å². The third kappa shape index (κ3) is 7.48. The molecule has 0 saturated carbocycles. The molecular weight excluding hydrogens is 548 g/mol. The number of benzene rings is 6. The van der Waals surface area contributed by atoms with Crippen molar-refractivity contribution in [3.05, 3.63) is 204 Å². The van der Waals surface area contributed by atoms with Crippen LogP contribution in [0.2, 0.25) is 0 Å². The molecule has 0 bridgehead atoms. The van der Waals surface area contributed by atoms with Crippen LogP contribution >= 0.6 is 0 Å². The van der Waals surface area contributed by atoms with Crippen molar-refractivity contribution in [2.45, 2.75) is 12.2 Å². The minimum Gasteiger partial charge on any atom is -0.356 e. The summed E-state index contributed by atoms with van der Waals surface area (Å²) in [5.41, 5.74) is 10.5. The second kappa shape index (κ2) is 14.2. The second-order valence-corrected chi connectivity index (χ2v) is 10.9. The average molecular weight is 585 g/mol. The molecule has 0 aliphatic carbocycles. The highest BCUT2D eigenvalue weighted by molar-refractivity contribution is 5.61. The average Bonchev–Trinajstić information content (AvgIpc) is 3.11. The number of hydrogen-bond donors (Lipinski definition) is 2. The van der Waals surface area contributed by atoms with Gasteiger partial charge in [0.25, 0.3) is 0 Å². The van der Waals surface area contributed by atoms with Crippen LogP contribution in [0.25, 0.3) is 12.2 Å². The van der Waals surface area contributed by atoms with E-state index in [0.717, 1.165) is 56.1 Å². The molecule has 45 heavy (non-hydrogen) atoms. The highest BCUT2D eigenvalue weighted by Crippen LogP contribution is 2.37. The van der Waals surface area contributed by atoms with E-state index in [2.05, 4.69) is 145 Å². The lowest BCUT2D eigenvalue weighted by molar-refractivity contribution is 0.0309. The van der Waals surface area contributed by atoms with Crippen LogP contribution in [0.3, 0.4) is 0 Å². The Balaban J connectivity index is 1.35. The first kappa shape index (κ1) is 29.4. The van der Waals surface area contributed by atoms with Crippen molar-refractivity contribution in [3.8, 4) is 0 Å². The number of para-hydroxylation sites is 2. The smallest absolute Gasteiger partial charge is 0.109 e. The molecule has 0 radical (unpaired) electrons. The van der Waals surface area contributed by atoms with E-state index in [1.165, 1.54) is 0 Å². The molecule has 6 aromatic carbocycles. The Labute approximate surface area is 266 Å². The summed E-state index contributed by atoms with van der Waals surface area (Å²) in [6.45, 7) is 7.87. The lowest BCUT2D eigenvalue weighted by Gasteiger charge is -2.27. The highest BCUT2D eigenvalue weighted by atomic mass is 16.5. The maximum absolute atomic E-state index is 7.17. The van der Waals surface area contributed by atoms with Crippen molar-refractivity contribution >= 4 is 34.9 Å². The quantitative estimate of drug-likeness (QED) is 0.150. The molecule has 0 heterocycles. The largest absolute Gasteiger partial charge is 0.356 e. The molecule has 6 aromatic rings. The first-order valence-electron chi connectivity index (χ1n) is 15.1. The van der Waals surface area contributed by atoms with Crippen LogP contribution < -0.4 is 10.6 Å². The van der Waals surface area contributed by atoms with Crippen molar-refractivity contribution in [1.29, 1.82) is 0 Å². The molecule has 0 fully saturated rings. The summed E-state index contributed by atoms with van der Waals surface area (Å²) in [7, 11) is 0. The van der Waals surface area contributed by atoms with E-state index >= 15 is 0 Å². The van der Waals surface area contributed by atoms with Gasteiger partial charge in [0.2, 0.25) is 0 Å². The van der Waals surface area contributed by atoms with Gasteiger partial charge < -0.3 is 15.4 Å². The summed E-state index contributed by atoms with van der Waals surface area (Å²) >= 11 is 0. The summed E-state index contributed by atoms with van der Waals surface area (Å²) in [5.74, 6) is 0. The minimum absolute atomic E-state index is 0.319. The van der Waals surface area contributed by atoms with Crippen LogP contribution in [0.1, 0.15) is 45.6 Å². The summed E-state index contributed by atoms with van der Waals surface area (Å²) in [4.78, 5) is 0. The van der Waals surface area contributed by atoms with Crippen molar-refractivity contribution in [1.82, 2.24) is 0 Å². The Morgan fingerprint density at radius 3 is 0.978 bits per heavy atom. The van der Waals surface area contributed by atoms with E-state index < -0.39 is 0 Å². The van der Waals surface area contributed by atoms with Gasteiger partial charge in [-0.15, -0.1) is 0 Å². The van der Waals surface area contributed by atoms with Crippen LogP contribution in [0.15, 0.2) is 171 Å². The predicted molar refractivity (Wildman–Crippen MR) is 190 cm³/mol. The zero-order chi connectivity index (χ0) is 30.8. The molecule has 3 heteroatoms. The lowest BCUT2D eigenvalue weighted by atomic mass is 9.96. The Bertz CT molecular complexity index is 1670. The van der Waals surface area contributed by atoms with E-state index in [9.17, 15) is 0 Å². The van der Waals surface area contributed by atoms with Gasteiger partial charge in [0.1, 0.15) is 12.2 Å². The summed E-state index contributed by atoms with van der Waals surface area (Å²) in [5, 5.41) is 6.97. The standard InChI is InChI=1S/C42H36N2O/c1-3-31-15-19-33(20-16-31)41(35-23-27-39(28-24-35)43-37-11-7-5-8-12-37)45-42(34-21-17-32(4-2)18-22-34)36-25-29-40(30-26-36)44-38-13-9-6-10-14-38/h3-30,41-44H,1-2H2. The predicted octanol–water partition coefficient (Wildman–Crippen LogP) is 11.4. The molecule has 0 aliphatic heterocycles. The molecule has 0 saturated heterocycles. The monoisotopic (exact) mass is 584 g/mol. The van der Waals surface area contributed by atoms with Gasteiger partial charge in [-0.1, -0.05) is 135 Å². The maximum Gasteiger partial charge on any atom is 0.109 e. The number of nitrogens with one attached hydrogen (secondary N) is 2. The van der Waals surface area contributed by atoms with Gasteiger partial charge in [0, 0.05) is 22.7 Å². The van der Waals surface area contributed by atoms with Crippen molar-refractivity contribution in [2.24, 2.45) is 0 Å². The molecule has 2 atom stereocenters. The molecule has 2 N–H and O–H groups in total. The first-order chi connectivity index (χ1) is 22.2. The Hall–Kier alpha value is -5.64. The summed E-state index contributed by atoms with van der Waals surface area (Å²) < 4.78 is 7.17. The van der Waals surface area contributed by atoms with Crippen LogP contribution in [-0.4, -0.2) is 0 Å². The van der Waals surface area contributed by atoms with Gasteiger partial charge in [-0.05, 0) is 81.9 Å². The van der Waals surface area contributed by atoms with E-state index in [0.29, 0.717) is 0 Å². The fourth-order valence-corrected chi connectivity index (χ4v) is 5.31. The van der Waals surface area contributed by atoms with Gasteiger partial charge in [-0.2, -0.15) is 0 Å². The van der Waals surface area contributed by atoms with Crippen LogP contribution in [0, 0.1) is 0 Å². The summed E-state index contributed by atoms with van der Waals surface area (Å²) in [6.07, 6.45) is 3.08. The first-order valence-corrected chi connectivity index (χ1v) is 15.1. The van der Waals surface area contributed by atoms with Gasteiger partial charge >= 0.3 is 0 Å². The molecule has 6 rings (SSSR count). The minimum atomic E-state index is -0.319. The second-order valence-electron chi connectivity index (χ2n) is 10.9. The maximum atomic E-state index is 7.17. The van der Waals surface area contributed by atoms with Crippen molar-refractivity contribution < 1.29 is 4.74 Å². The van der Waals surface area contributed by atoms with E-state index in [1.807, 2.05) is 48.6 Å². The third-order valence-corrected chi connectivity index (χ3v) is 7.77. The molecule has 3 nitrogen and oxygen atoms in total. The van der Waals surface area contributed by atoms with E-state index in [-0.39, 0.29) is 12.2 Å². The zero-order valence-electron chi connectivity index (χ0n) is 25.1. The van der Waals surface area contributed by atoms with Crippen LogP contribution in [-0.2, 0) is 4.74 Å². The molecule has 2 unspecified atom stereocenters. The fraction of sp³-hybridized carbons (Fsp3) is 0.0476. The number of anilines is 4. The topological polar surface area (TPSA) is 33.3 Å². The molecule has 0 aromatic heterocycles. The highest BCUT2D eigenvalue weighted by Gasteiger charge is 2.24. The number of ether oxygens (including phenoxy) is 1. The third-order valence-electron chi connectivity index (χ3n) is 7.77. The van der Waals surface area contributed by atoms with Crippen LogP contribution in [0.5, 0.6) is 0 Å². The normalized spacial score (nSPS) is 12.1. The van der Waals surface area contributed by atoms with Gasteiger partial charge in [-0.25, -0.2) is 0 Å². The van der Waals surface area contributed by atoms with Crippen LogP contribution in [0.4, 0.5) is 22.7 Å². The lowest BCUT2D eigenvalue weighted by Crippen LogP contribution is -2.13. The van der Waals surface area contributed by atoms with E-state index in [1.54, 1.807) is 0 Å². The molecule has 0 spiro atoms. The Morgan fingerprint density at radius 1 is 0.378 bits per heavy atom. The van der Waals surface area contributed by atoms with Gasteiger partial charge in [0.15, 0.2) is 0 Å². The molecule has 220 valence electrons. The Kier molecular flexibility index (Phi) is 9.30.